The molecule has 3 heterocycles. The number of hydrogen-bond acceptors (Lipinski definition) is 5. The van der Waals surface area contributed by atoms with Gasteiger partial charge in [-0.05, 0) is 27.7 Å². The van der Waals surface area contributed by atoms with Crippen LogP contribution in [0.4, 0.5) is 0 Å². The van der Waals surface area contributed by atoms with Crippen LogP contribution in [-0.2, 0) is 16.4 Å². The van der Waals surface area contributed by atoms with Gasteiger partial charge in [-0.1, -0.05) is 12.1 Å². The Balaban J connectivity index is 1.81. The van der Waals surface area contributed by atoms with Gasteiger partial charge in [0.15, 0.2) is 0 Å². The lowest BCUT2D eigenvalue weighted by Gasteiger charge is -2.32. The standard InChI is InChI=1S/C16H20BN5O2/c1-15(2)16(3,4)24-17(23-15)12-7-6-10(11-8-18-20-14(11)12)13-9-19-22(5)21-13/h6-9H,1-5H3,(H,18,20). The van der Waals surface area contributed by atoms with Crippen LogP contribution in [0.5, 0.6) is 0 Å². The Hall–Kier alpha value is -2.19. The topological polar surface area (TPSA) is 77.9 Å². The molecule has 2 aromatic heterocycles. The molecule has 7 nitrogen and oxygen atoms in total. The summed E-state index contributed by atoms with van der Waals surface area (Å²) in [5.74, 6) is 0. The number of aromatic nitrogens is 5. The average Bonchev–Trinajstić information content (AvgIpc) is 3.17. The second kappa shape index (κ2) is 4.91. The molecule has 1 aliphatic heterocycles. The van der Waals surface area contributed by atoms with Crippen molar-refractivity contribution in [3.63, 3.8) is 0 Å². The van der Waals surface area contributed by atoms with Crippen LogP contribution in [-0.4, -0.2) is 43.5 Å². The van der Waals surface area contributed by atoms with Gasteiger partial charge in [0.25, 0.3) is 0 Å². The Kier molecular flexibility index (Phi) is 3.14. The third-order valence-corrected chi connectivity index (χ3v) is 5.03. The van der Waals surface area contributed by atoms with Gasteiger partial charge in [0.05, 0.1) is 29.1 Å². The Morgan fingerprint density at radius 1 is 1.08 bits per heavy atom. The molecule has 0 radical (unpaired) electrons. The first-order valence-electron chi connectivity index (χ1n) is 7.97. The highest BCUT2D eigenvalue weighted by Gasteiger charge is 2.52. The third kappa shape index (κ3) is 2.17. The van der Waals surface area contributed by atoms with Gasteiger partial charge in [-0.25, -0.2) is 0 Å². The molecular formula is C16H20BN5O2. The molecule has 3 aromatic rings. The van der Waals surface area contributed by atoms with Crippen LogP contribution in [0.15, 0.2) is 24.5 Å². The third-order valence-electron chi connectivity index (χ3n) is 5.03. The molecule has 1 aromatic carbocycles. The van der Waals surface area contributed by atoms with Gasteiger partial charge in [-0.2, -0.15) is 20.1 Å². The summed E-state index contributed by atoms with van der Waals surface area (Å²) < 4.78 is 12.4. The minimum Gasteiger partial charge on any atom is -0.399 e. The van der Waals surface area contributed by atoms with Crippen molar-refractivity contribution in [1.82, 2.24) is 25.2 Å². The van der Waals surface area contributed by atoms with Crippen molar-refractivity contribution in [3.05, 3.63) is 24.5 Å². The minimum atomic E-state index is -0.436. The van der Waals surface area contributed by atoms with Gasteiger partial charge in [-0.15, -0.1) is 0 Å². The predicted octanol–water partition coefficient (Wildman–Crippen LogP) is 1.66. The number of benzene rings is 1. The Morgan fingerprint density at radius 2 is 1.79 bits per heavy atom. The highest BCUT2D eigenvalue weighted by atomic mass is 16.7. The second-order valence-corrected chi connectivity index (χ2v) is 7.17. The van der Waals surface area contributed by atoms with E-state index in [1.54, 1.807) is 24.2 Å². The molecule has 0 amide bonds. The highest BCUT2D eigenvalue weighted by Crippen LogP contribution is 2.37. The number of nitrogens with zero attached hydrogens (tertiary/aromatic N) is 4. The fraction of sp³-hybridized carbons (Fsp3) is 0.438. The van der Waals surface area contributed by atoms with E-state index in [0.717, 1.165) is 27.6 Å². The summed E-state index contributed by atoms with van der Waals surface area (Å²) in [5, 5.41) is 16.8. The largest absolute Gasteiger partial charge is 0.497 e. The molecule has 24 heavy (non-hydrogen) atoms. The van der Waals surface area contributed by atoms with E-state index in [-0.39, 0.29) is 11.2 Å². The zero-order chi connectivity index (χ0) is 17.1. The Morgan fingerprint density at radius 3 is 2.42 bits per heavy atom. The Labute approximate surface area is 140 Å². The number of fused-ring (bicyclic) bond motifs is 1. The summed E-state index contributed by atoms with van der Waals surface area (Å²) in [4.78, 5) is 1.55. The minimum absolute atomic E-state index is 0.381. The lowest BCUT2D eigenvalue weighted by molar-refractivity contribution is 0.00578. The van der Waals surface area contributed by atoms with Crippen molar-refractivity contribution in [3.8, 4) is 11.3 Å². The fourth-order valence-electron chi connectivity index (χ4n) is 2.92. The summed E-state index contributed by atoms with van der Waals surface area (Å²) in [6, 6.07) is 4.02. The molecule has 0 spiro atoms. The monoisotopic (exact) mass is 325 g/mol. The SMILES string of the molecule is Cn1ncc(-c2ccc(B3OC(C)(C)C(C)(C)O3)c3[nH]ncc23)n1. The first kappa shape index (κ1) is 15.3. The molecule has 1 N–H and O–H groups in total. The van der Waals surface area contributed by atoms with E-state index in [0.29, 0.717) is 0 Å². The van der Waals surface area contributed by atoms with Crippen molar-refractivity contribution >= 4 is 23.5 Å². The molecule has 4 rings (SSSR count). The summed E-state index contributed by atoms with van der Waals surface area (Å²) >= 11 is 0. The van der Waals surface area contributed by atoms with Crippen LogP contribution in [0.2, 0.25) is 0 Å². The maximum absolute atomic E-state index is 6.18. The van der Waals surface area contributed by atoms with E-state index >= 15 is 0 Å². The average molecular weight is 325 g/mol. The molecule has 0 bridgehead atoms. The smallest absolute Gasteiger partial charge is 0.399 e. The summed E-state index contributed by atoms with van der Waals surface area (Å²) in [6.07, 6.45) is 3.55. The van der Waals surface area contributed by atoms with E-state index in [9.17, 15) is 0 Å². The fourth-order valence-corrected chi connectivity index (χ4v) is 2.92. The first-order chi connectivity index (χ1) is 11.3. The molecule has 1 saturated heterocycles. The summed E-state index contributed by atoms with van der Waals surface area (Å²) in [7, 11) is 1.36. The van der Waals surface area contributed by atoms with Crippen molar-refractivity contribution < 1.29 is 9.31 Å². The van der Waals surface area contributed by atoms with Crippen molar-refractivity contribution in [1.29, 1.82) is 0 Å². The number of aryl methyl sites for hydroxylation is 1. The molecule has 0 saturated carbocycles. The van der Waals surface area contributed by atoms with E-state index < -0.39 is 7.12 Å². The van der Waals surface area contributed by atoms with E-state index in [1.165, 1.54) is 0 Å². The second-order valence-electron chi connectivity index (χ2n) is 7.17. The van der Waals surface area contributed by atoms with E-state index in [1.807, 2.05) is 39.8 Å². The van der Waals surface area contributed by atoms with Crippen LogP contribution in [0.1, 0.15) is 27.7 Å². The first-order valence-corrected chi connectivity index (χ1v) is 7.97. The number of H-pyrrole nitrogens is 1. The van der Waals surface area contributed by atoms with Crippen LogP contribution in [0, 0.1) is 0 Å². The molecule has 0 aliphatic carbocycles. The van der Waals surface area contributed by atoms with Crippen molar-refractivity contribution in [2.24, 2.45) is 7.05 Å². The number of nitrogens with one attached hydrogen (secondary N) is 1. The van der Waals surface area contributed by atoms with Crippen LogP contribution in [0.25, 0.3) is 22.2 Å². The van der Waals surface area contributed by atoms with Crippen molar-refractivity contribution in [2.75, 3.05) is 0 Å². The number of aromatic amines is 1. The van der Waals surface area contributed by atoms with Gasteiger partial charge in [0.1, 0.15) is 5.69 Å². The van der Waals surface area contributed by atoms with Gasteiger partial charge in [0, 0.05) is 23.5 Å². The van der Waals surface area contributed by atoms with Gasteiger partial charge >= 0.3 is 7.12 Å². The highest BCUT2D eigenvalue weighted by molar-refractivity contribution is 6.65. The molecule has 8 heteroatoms. The molecule has 1 fully saturated rings. The summed E-state index contributed by atoms with van der Waals surface area (Å²) in [6.45, 7) is 8.19. The van der Waals surface area contributed by atoms with Crippen LogP contribution < -0.4 is 5.46 Å². The maximum atomic E-state index is 6.18. The van der Waals surface area contributed by atoms with Crippen LogP contribution >= 0.6 is 0 Å². The molecule has 0 atom stereocenters. The normalized spacial score (nSPS) is 19.3. The van der Waals surface area contributed by atoms with Gasteiger partial charge < -0.3 is 9.31 Å². The zero-order valence-electron chi connectivity index (χ0n) is 14.5. The summed E-state index contributed by atoms with van der Waals surface area (Å²) in [5.41, 5.74) is 2.86. The Bertz CT molecular complexity index is 898. The van der Waals surface area contributed by atoms with E-state index in [4.69, 9.17) is 9.31 Å². The quantitative estimate of drug-likeness (QED) is 0.725. The molecule has 124 valence electrons. The van der Waals surface area contributed by atoms with Gasteiger partial charge in [0.2, 0.25) is 0 Å². The lowest BCUT2D eigenvalue weighted by Crippen LogP contribution is -2.41. The maximum Gasteiger partial charge on any atom is 0.497 e. The van der Waals surface area contributed by atoms with Gasteiger partial charge in [-0.3, -0.25) is 5.10 Å². The number of hydrogen-bond donors (Lipinski definition) is 1. The predicted molar refractivity (Wildman–Crippen MR) is 91.8 cm³/mol. The van der Waals surface area contributed by atoms with E-state index in [2.05, 4.69) is 20.4 Å². The number of rotatable bonds is 2. The molecule has 0 unspecified atom stereocenters. The van der Waals surface area contributed by atoms with Crippen molar-refractivity contribution in [2.45, 2.75) is 38.9 Å². The molecular weight excluding hydrogens is 305 g/mol. The molecule has 1 aliphatic rings. The zero-order valence-corrected chi connectivity index (χ0v) is 14.5. The van der Waals surface area contributed by atoms with Crippen LogP contribution in [0.3, 0.4) is 0 Å². The lowest BCUT2D eigenvalue weighted by atomic mass is 9.77.